The maximum atomic E-state index is 13.1. The van der Waals surface area contributed by atoms with Crippen LogP contribution in [0, 0.1) is 0 Å². The molecule has 0 radical (unpaired) electrons. The Bertz CT molecular complexity index is 1140. The first-order valence-corrected chi connectivity index (χ1v) is 10.5. The molecular weight excluding hydrogens is 388 g/mol. The van der Waals surface area contributed by atoms with Crippen LogP contribution >= 0.6 is 11.8 Å². The molecule has 29 heavy (non-hydrogen) atoms. The van der Waals surface area contributed by atoms with Crippen molar-refractivity contribution in [1.29, 1.82) is 0 Å². The van der Waals surface area contributed by atoms with Crippen molar-refractivity contribution in [2.75, 3.05) is 18.3 Å². The average Bonchev–Trinajstić information content (AvgIpc) is 2.77. The molecule has 8 heteroatoms. The highest BCUT2D eigenvalue weighted by Crippen LogP contribution is 2.38. The van der Waals surface area contributed by atoms with Gasteiger partial charge in [0.15, 0.2) is 0 Å². The Morgan fingerprint density at radius 2 is 2.07 bits per heavy atom. The summed E-state index contributed by atoms with van der Waals surface area (Å²) >= 11 is 1.34. The smallest absolute Gasteiger partial charge is 0.325 e. The van der Waals surface area contributed by atoms with Crippen molar-refractivity contribution in [1.82, 2.24) is 10.1 Å². The Morgan fingerprint density at radius 3 is 2.79 bits per heavy atom. The van der Waals surface area contributed by atoms with Crippen molar-refractivity contribution in [3.8, 4) is 17.0 Å². The lowest BCUT2D eigenvalue weighted by atomic mass is 10.0. The van der Waals surface area contributed by atoms with Gasteiger partial charge in [0, 0.05) is 17.1 Å². The molecule has 1 aliphatic rings. The second-order valence-electron chi connectivity index (χ2n) is 6.54. The number of hydrogen-bond donors (Lipinski definition) is 1. The van der Waals surface area contributed by atoms with E-state index in [0.29, 0.717) is 34.3 Å². The maximum absolute atomic E-state index is 13.1. The minimum Gasteiger partial charge on any atom is -0.497 e. The van der Waals surface area contributed by atoms with Gasteiger partial charge in [-0.2, -0.15) is 0 Å². The number of aromatic amines is 1. The van der Waals surface area contributed by atoms with Gasteiger partial charge in [-0.3, -0.25) is 14.6 Å². The Balaban J connectivity index is 2.08. The summed E-state index contributed by atoms with van der Waals surface area (Å²) in [6.45, 7) is 1.83. The maximum Gasteiger partial charge on any atom is 0.325 e. The molecule has 0 fully saturated rings. The summed E-state index contributed by atoms with van der Waals surface area (Å²) in [5.41, 5.74) is 2.35. The molecule has 1 atom stereocenters. The second kappa shape index (κ2) is 7.71. The number of carbonyl (C=O) groups is 1. The molecule has 0 saturated heterocycles. The van der Waals surface area contributed by atoms with Crippen LogP contribution in [0.15, 0.2) is 58.5 Å². The van der Waals surface area contributed by atoms with Gasteiger partial charge < -0.3 is 4.74 Å². The summed E-state index contributed by atoms with van der Waals surface area (Å²) in [7, 11) is 1.60. The zero-order valence-electron chi connectivity index (χ0n) is 16.4. The number of aromatic nitrogens is 3. The zero-order chi connectivity index (χ0) is 20.5. The Labute approximate surface area is 172 Å². The Hall–Kier alpha value is -3.13. The van der Waals surface area contributed by atoms with E-state index in [9.17, 15) is 9.59 Å². The van der Waals surface area contributed by atoms with E-state index in [-0.39, 0.29) is 11.5 Å². The summed E-state index contributed by atoms with van der Waals surface area (Å²) in [6.07, 6.45) is 1.57. The van der Waals surface area contributed by atoms with Gasteiger partial charge in [-0.1, -0.05) is 36.9 Å². The molecule has 0 unspecified atom stereocenters. The van der Waals surface area contributed by atoms with Crippen LogP contribution in [0.2, 0.25) is 0 Å². The van der Waals surface area contributed by atoms with E-state index in [0.717, 1.165) is 5.56 Å². The number of carbonyl (C=O) groups excluding carboxylic acids is 1. The van der Waals surface area contributed by atoms with E-state index < -0.39 is 6.17 Å². The van der Waals surface area contributed by atoms with Crippen molar-refractivity contribution in [2.24, 2.45) is 0 Å². The second-order valence-corrected chi connectivity index (χ2v) is 7.34. The molecule has 0 spiro atoms. The van der Waals surface area contributed by atoms with Gasteiger partial charge in [-0.15, -0.1) is 0 Å². The number of fused-ring (bicyclic) bond motifs is 3. The van der Waals surface area contributed by atoms with E-state index >= 15 is 0 Å². The van der Waals surface area contributed by atoms with Crippen molar-refractivity contribution in [2.45, 2.75) is 24.7 Å². The van der Waals surface area contributed by atoms with E-state index in [1.807, 2.05) is 61.7 Å². The third kappa shape index (κ3) is 3.19. The quantitative estimate of drug-likeness (QED) is 0.530. The normalized spacial score (nSPS) is 14.9. The van der Waals surface area contributed by atoms with Crippen LogP contribution in [0.3, 0.4) is 0 Å². The largest absolute Gasteiger partial charge is 0.497 e. The molecular formula is C21H21N4O3S+. The molecule has 4 rings (SSSR count). The van der Waals surface area contributed by atoms with Crippen LogP contribution in [0.1, 0.15) is 25.1 Å². The van der Waals surface area contributed by atoms with Crippen LogP contribution in [-0.4, -0.2) is 29.4 Å². The summed E-state index contributed by atoms with van der Waals surface area (Å²) < 4.78 is 7.04. The number of benzene rings is 2. The van der Waals surface area contributed by atoms with Gasteiger partial charge in [-0.25, -0.2) is 4.90 Å². The number of amides is 1. The number of ether oxygens (including phenoxy) is 1. The van der Waals surface area contributed by atoms with Gasteiger partial charge >= 0.3 is 11.3 Å². The number of nitrogens with zero attached hydrogens (tertiary/aromatic N) is 3. The highest BCUT2D eigenvalue weighted by Gasteiger charge is 2.45. The number of H-pyrrole nitrogens is 1. The molecule has 0 saturated carbocycles. The van der Waals surface area contributed by atoms with Gasteiger partial charge in [0.25, 0.3) is 6.17 Å². The standard InChI is InChI=1S/C21H20N4O3S/c1-4-17(26)24-16-11-6-5-10-15(16)18-19(27)22-21(29-3)23-25(18)20(24)13-8-7-9-14(12-13)28-2/h5-12,20H,4H2,1-3H3/p+1/t20-/m0/s1. The molecule has 1 aliphatic heterocycles. The summed E-state index contributed by atoms with van der Waals surface area (Å²) in [4.78, 5) is 30.6. The molecule has 1 aromatic heterocycles. The van der Waals surface area contributed by atoms with Gasteiger partial charge in [-0.05, 0) is 41.3 Å². The zero-order valence-corrected chi connectivity index (χ0v) is 17.2. The third-order valence-electron chi connectivity index (χ3n) is 4.91. The van der Waals surface area contributed by atoms with E-state index in [4.69, 9.17) is 4.74 Å². The molecule has 7 nitrogen and oxygen atoms in total. The Kier molecular flexibility index (Phi) is 5.10. The number of nitrogens with one attached hydrogen (secondary N) is 1. The number of para-hydroxylation sites is 1. The first-order valence-electron chi connectivity index (χ1n) is 9.24. The fourth-order valence-corrected chi connectivity index (χ4v) is 3.97. The van der Waals surface area contributed by atoms with Crippen LogP contribution in [0.5, 0.6) is 5.75 Å². The molecule has 3 aromatic rings. The topological polar surface area (TPSA) is 79.2 Å². The van der Waals surface area contributed by atoms with Crippen LogP contribution < -0.4 is 19.9 Å². The van der Waals surface area contributed by atoms with E-state index in [1.165, 1.54) is 11.8 Å². The number of hydrogen-bond acceptors (Lipinski definition) is 5. The SMILES string of the molecule is CCC(=O)N1c2ccccc2-c2c(=O)[nH]c(SC)n[n+]2[C@H]1c1cccc(OC)c1. The lowest BCUT2D eigenvalue weighted by Gasteiger charge is -2.32. The van der Waals surface area contributed by atoms with Crippen LogP contribution in [0.25, 0.3) is 11.3 Å². The van der Waals surface area contributed by atoms with Crippen molar-refractivity contribution in [3.63, 3.8) is 0 Å². The summed E-state index contributed by atoms with van der Waals surface area (Å²) in [5, 5.41) is 5.14. The minimum absolute atomic E-state index is 0.0591. The lowest BCUT2D eigenvalue weighted by molar-refractivity contribution is -0.763. The number of thioether (sulfide) groups is 1. The molecule has 0 bridgehead atoms. The fourth-order valence-electron chi connectivity index (χ4n) is 3.61. The molecule has 148 valence electrons. The minimum atomic E-state index is -0.601. The number of methoxy groups -OCH3 is 1. The van der Waals surface area contributed by atoms with Crippen LogP contribution in [0.4, 0.5) is 5.69 Å². The van der Waals surface area contributed by atoms with Crippen molar-refractivity contribution >= 4 is 23.4 Å². The highest BCUT2D eigenvalue weighted by molar-refractivity contribution is 7.98. The number of rotatable bonds is 4. The van der Waals surface area contributed by atoms with Gasteiger partial charge in [0.2, 0.25) is 11.1 Å². The molecule has 2 heterocycles. The monoisotopic (exact) mass is 409 g/mol. The third-order valence-corrected chi connectivity index (χ3v) is 5.48. The van der Waals surface area contributed by atoms with Crippen molar-refractivity contribution in [3.05, 3.63) is 64.4 Å². The number of anilines is 1. The van der Waals surface area contributed by atoms with Crippen molar-refractivity contribution < 1.29 is 14.2 Å². The summed E-state index contributed by atoms with van der Waals surface area (Å²) in [6, 6.07) is 14.9. The fraction of sp³-hybridized carbons (Fsp3) is 0.238. The first-order chi connectivity index (χ1) is 14.1. The average molecular weight is 409 g/mol. The molecule has 1 N–H and O–H groups in total. The first kappa shape index (κ1) is 19.2. The Morgan fingerprint density at radius 1 is 1.28 bits per heavy atom. The predicted molar refractivity (Wildman–Crippen MR) is 111 cm³/mol. The molecule has 1 amide bonds. The summed E-state index contributed by atoms with van der Waals surface area (Å²) in [5.74, 6) is 0.610. The van der Waals surface area contributed by atoms with Gasteiger partial charge in [0.05, 0.1) is 18.4 Å². The predicted octanol–water partition coefficient (Wildman–Crippen LogP) is 2.76. The molecule has 2 aromatic carbocycles. The van der Waals surface area contributed by atoms with Gasteiger partial charge in [0.1, 0.15) is 5.75 Å². The van der Waals surface area contributed by atoms with E-state index in [2.05, 4.69) is 10.1 Å². The van der Waals surface area contributed by atoms with E-state index in [1.54, 1.807) is 16.7 Å². The molecule has 0 aliphatic carbocycles. The highest BCUT2D eigenvalue weighted by atomic mass is 32.2. The van der Waals surface area contributed by atoms with Crippen LogP contribution in [-0.2, 0) is 4.79 Å². The lowest BCUT2D eigenvalue weighted by Crippen LogP contribution is -2.60.